The lowest BCUT2D eigenvalue weighted by Gasteiger charge is -2.30. The molecule has 2 aromatic rings. The second kappa shape index (κ2) is 7.80. The highest BCUT2D eigenvalue weighted by Gasteiger charge is 2.30. The zero-order chi connectivity index (χ0) is 19.7. The van der Waals surface area contributed by atoms with Gasteiger partial charge in [0.1, 0.15) is 0 Å². The Balaban J connectivity index is 1.96. The number of hydrogen-bond donors (Lipinski definition) is 3. The number of allylic oxidation sites excluding steroid dienone is 1. The van der Waals surface area contributed by atoms with Crippen molar-refractivity contribution in [3.05, 3.63) is 74.9 Å². The van der Waals surface area contributed by atoms with Crippen molar-refractivity contribution in [3.63, 3.8) is 0 Å². The van der Waals surface area contributed by atoms with Crippen LogP contribution in [0.1, 0.15) is 18.5 Å². The van der Waals surface area contributed by atoms with E-state index in [0.717, 1.165) is 12.1 Å². The van der Waals surface area contributed by atoms with E-state index in [2.05, 4.69) is 16.0 Å². The van der Waals surface area contributed by atoms with Crippen molar-refractivity contribution in [3.8, 4) is 0 Å². The normalized spacial score (nSPS) is 16.6. The highest BCUT2D eigenvalue weighted by atomic mass is 35.5. The smallest absolute Gasteiger partial charge is 0.255 e. The molecule has 1 aliphatic rings. The molecular formula is C18H13Cl2F2N3OS. The molecule has 4 nitrogen and oxygen atoms in total. The highest BCUT2D eigenvalue weighted by molar-refractivity contribution is 7.80. The minimum Gasteiger partial charge on any atom is -0.351 e. The van der Waals surface area contributed by atoms with Crippen molar-refractivity contribution in [2.24, 2.45) is 0 Å². The van der Waals surface area contributed by atoms with Crippen molar-refractivity contribution in [2.45, 2.75) is 13.0 Å². The fourth-order valence-corrected chi connectivity index (χ4v) is 3.29. The van der Waals surface area contributed by atoms with Crippen LogP contribution in [0.15, 0.2) is 47.7 Å². The standard InChI is InChI=1S/C18H13Cl2F2N3OS/c1-8-15(17(26)24-10-3-5-13(21)14(22)7-10)16(25-18(27)23-8)9-2-4-11(19)12(20)6-9/h2-7,16H,1H3,(H,24,26)(H2,23,25,27). The largest absolute Gasteiger partial charge is 0.351 e. The summed E-state index contributed by atoms with van der Waals surface area (Å²) < 4.78 is 26.5. The molecule has 1 heterocycles. The van der Waals surface area contributed by atoms with Gasteiger partial charge >= 0.3 is 0 Å². The summed E-state index contributed by atoms with van der Waals surface area (Å²) in [7, 11) is 0. The molecule has 2 aromatic carbocycles. The fraction of sp³-hybridized carbons (Fsp3) is 0.111. The van der Waals surface area contributed by atoms with Gasteiger partial charge in [0, 0.05) is 17.5 Å². The van der Waals surface area contributed by atoms with Crippen LogP contribution < -0.4 is 16.0 Å². The fourth-order valence-electron chi connectivity index (χ4n) is 2.71. The van der Waals surface area contributed by atoms with Gasteiger partial charge in [-0.25, -0.2) is 8.78 Å². The van der Waals surface area contributed by atoms with Gasteiger partial charge in [-0.3, -0.25) is 4.79 Å². The summed E-state index contributed by atoms with van der Waals surface area (Å²) in [5.41, 5.74) is 1.64. The summed E-state index contributed by atoms with van der Waals surface area (Å²) in [5.74, 6) is -2.55. The van der Waals surface area contributed by atoms with E-state index in [9.17, 15) is 13.6 Å². The van der Waals surface area contributed by atoms with Crippen LogP contribution in [0.25, 0.3) is 0 Å². The van der Waals surface area contributed by atoms with Gasteiger partial charge in [-0.2, -0.15) is 0 Å². The summed E-state index contributed by atoms with van der Waals surface area (Å²) in [6.07, 6.45) is 0. The first kappa shape index (κ1) is 19.5. The SMILES string of the molecule is CC1=C(C(=O)Nc2ccc(F)c(F)c2)C(c2ccc(Cl)c(Cl)c2)NC(=S)N1. The first-order valence-corrected chi connectivity index (χ1v) is 8.92. The molecule has 1 aliphatic heterocycles. The number of benzene rings is 2. The van der Waals surface area contributed by atoms with Crippen LogP contribution in [-0.2, 0) is 4.79 Å². The van der Waals surface area contributed by atoms with Crippen molar-refractivity contribution in [1.82, 2.24) is 10.6 Å². The number of carbonyl (C=O) groups is 1. The van der Waals surface area contributed by atoms with Crippen molar-refractivity contribution < 1.29 is 13.6 Å². The molecule has 0 aromatic heterocycles. The lowest BCUT2D eigenvalue weighted by molar-refractivity contribution is -0.113. The van der Waals surface area contributed by atoms with Crippen LogP contribution >= 0.6 is 35.4 Å². The lowest BCUT2D eigenvalue weighted by Crippen LogP contribution is -2.45. The summed E-state index contributed by atoms with van der Waals surface area (Å²) in [4.78, 5) is 12.8. The Labute approximate surface area is 169 Å². The van der Waals surface area contributed by atoms with E-state index in [1.54, 1.807) is 25.1 Å². The van der Waals surface area contributed by atoms with Crippen LogP contribution in [0, 0.1) is 11.6 Å². The van der Waals surface area contributed by atoms with E-state index >= 15 is 0 Å². The molecule has 3 rings (SSSR count). The molecule has 0 saturated carbocycles. The quantitative estimate of drug-likeness (QED) is 0.621. The summed E-state index contributed by atoms with van der Waals surface area (Å²) >= 11 is 17.2. The molecule has 0 saturated heterocycles. The van der Waals surface area contributed by atoms with Crippen LogP contribution in [0.5, 0.6) is 0 Å². The molecule has 140 valence electrons. The Hall–Kier alpha value is -2.22. The van der Waals surface area contributed by atoms with E-state index in [-0.39, 0.29) is 5.69 Å². The monoisotopic (exact) mass is 427 g/mol. The first-order chi connectivity index (χ1) is 12.8. The number of amides is 1. The number of thiocarbonyl (C=S) groups is 1. The summed E-state index contributed by atoms with van der Waals surface area (Å²) in [5, 5.41) is 9.52. The topological polar surface area (TPSA) is 53.2 Å². The molecule has 0 fully saturated rings. The molecule has 9 heteroatoms. The third kappa shape index (κ3) is 4.21. The van der Waals surface area contributed by atoms with Crippen molar-refractivity contribution in [2.75, 3.05) is 5.32 Å². The molecule has 1 atom stereocenters. The predicted molar refractivity (Wildman–Crippen MR) is 106 cm³/mol. The first-order valence-electron chi connectivity index (χ1n) is 7.76. The van der Waals surface area contributed by atoms with Gasteiger partial charge in [0.15, 0.2) is 16.7 Å². The van der Waals surface area contributed by atoms with Crippen molar-refractivity contribution >= 4 is 52.1 Å². The van der Waals surface area contributed by atoms with Gasteiger partial charge < -0.3 is 16.0 Å². The van der Waals surface area contributed by atoms with Crippen LogP contribution in [-0.4, -0.2) is 11.0 Å². The summed E-state index contributed by atoms with van der Waals surface area (Å²) in [6.45, 7) is 1.69. The Kier molecular flexibility index (Phi) is 5.64. The predicted octanol–water partition coefficient (Wildman–Crippen LogP) is 4.70. The number of hydrogen-bond acceptors (Lipinski definition) is 2. The van der Waals surface area contributed by atoms with Gasteiger partial charge in [0.2, 0.25) is 0 Å². The third-order valence-corrected chi connectivity index (χ3v) is 4.93. The number of nitrogens with one attached hydrogen (secondary N) is 3. The van der Waals surface area contributed by atoms with Crippen molar-refractivity contribution in [1.29, 1.82) is 0 Å². The molecule has 0 radical (unpaired) electrons. The van der Waals surface area contributed by atoms with E-state index in [0.29, 0.717) is 32.0 Å². The van der Waals surface area contributed by atoms with Gasteiger partial charge in [0.25, 0.3) is 5.91 Å². The van der Waals surface area contributed by atoms with Gasteiger partial charge in [-0.1, -0.05) is 29.3 Å². The highest BCUT2D eigenvalue weighted by Crippen LogP contribution is 2.32. The number of carbonyl (C=O) groups excluding carboxylic acids is 1. The molecule has 27 heavy (non-hydrogen) atoms. The minimum atomic E-state index is -1.05. The maximum atomic E-state index is 13.4. The second-order valence-corrected chi connectivity index (χ2v) is 7.05. The molecule has 0 bridgehead atoms. The van der Waals surface area contributed by atoms with Gasteiger partial charge in [0.05, 0.1) is 21.7 Å². The molecule has 1 amide bonds. The van der Waals surface area contributed by atoms with Gasteiger partial charge in [-0.15, -0.1) is 0 Å². The van der Waals surface area contributed by atoms with Crippen LogP contribution in [0.3, 0.4) is 0 Å². The van der Waals surface area contributed by atoms with E-state index in [1.165, 1.54) is 6.07 Å². The molecule has 0 spiro atoms. The number of rotatable bonds is 3. The average Bonchev–Trinajstić information content (AvgIpc) is 2.59. The maximum Gasteiger partial charge on any atom is 0.255 e. The van der Waals surface area contributed by atoms with E-state index in [1.807, 2.05) is 0 Å². The van der Waals surface area contributed by atoms with Crippen LogP contribution in [0.4, 0.5) is 14.5 Å². The Bertz CT molecular complexity index is 981. The number of halogens is 4. The Morgan fingerprint density at radius 2 is 1.85 bits per heavy atom. The van der Waals surface area contributed by atoms with Gasteiger partial charge in [-0.05, 0) is 49.0 Å². The third-order valence-electron chi connectivity index (χ3n) is 3.97. The number of anilines is 1. The molecule has 3 N–H and O–H groups in total. The Morgan fingerprint density at radius 1 is 1.11 bits per heavy atom. The second-order valence-electron chi connectivity index (χ2n) is 5.83. The van der Waals surface area contributed by atoms with E-state index in [4.69, 9.17) is 35.4 Å². The Morgan fingerprint density at radius 3 is 2.52 bits per heavy atom. The summed E-state index contributed by atoms with van der Waals surface area (Å²) in [6, 6.07) is 7.49. The van der Waals surface area contributed by atoms with Crippen LogP contribution in [0.2, 0.25) is 10.0 Å². The lowest BCUT2D eigenvalue weighted by atomic mass is 9.95. The van der Waals surface area contributed by atoms with E-state index < -0.39 is 23.6 Å². The zero-order valence-corrected chi connectivity index (χ0v) is 16.2. The molecular weight excluding hydrogens is 415 g/mol. The molecule has 1 unspecified atom stereocenters. The zero-order valence-electron chi connectivity index (χ0n) is 13.9. The average molecular weight is 428 g/mol. The molecule has 0 aliphatic carbocycles. The maximum absolute atomic E-state index is 13.4. The minimum absolute atomic E-state index is 0.125.